The number of hydrogen-bond donors (Lipinski definition) is 0. The fourth-order valence-electron chi connectivity index (χ4n) is 4.08. The van der Waals surface area contributed by atoms with Crippen LogP contribution in [-0.4, -0.2) is 24.9 Å². The van der Waals surface area contributed by atoms with Crippen LogP contribution < -0.4 is 0 Å². The minimum atomic E-state index is -3.82. The van der Waals surface area contributed by atoms with Gasteiger partial charge in [0.05, 0.1) is 6.61 Å². The number of hydrogen-bond acceptors (Lipinski definition) is 3. The van der Waals surface area contributed by atoms with Crippen molar-refractivity contribution in [3.63, 3.8) is 0 Å². The standard InChI is InChI=1S/C20H31NO3S/c1-5-14-19(3)15-10-11-16-20(19,4)21(25(22,23)24-6-2)17-18-12-8-7-9-13-18/h5,7-9,12-13H,1,6,10-11,14-17H2,2-4H3. The van der Waals surface area contributed by atoms with Gasteiger partial charge in [-0.3, -0.25) is 4.18 Å². The molecule has 1 saturated carbocycles. The van der Waals surface area contributed by atoms with Crippen LogP contribution in [0.4, 0.5) is 0 Å². The monoisotopic (exact) mass is 365 g/mol. The molecule has 1 aromatic carbocycles. The van der Waals surface area contributed by atoms with E-state index in [9.17, 15) is 8.42 Å². The average molecular weight is 366 g/mol. The average Bonchev–Trinajstić information content (AvgIpc) is 2.56. The van der Waals surface area contributed by atoms with Crippen LogP contribution in [0.25, 0.3) is 0 Å². The Morgan fingerprint density at radius 2 is 1.84 bits per heavy atom. The molecule has 1 aliphatic carbocycles. The first-order valence-corrected chi connectivity index (χ1v) is 10.5. The largest absolute Gasteiger partial charge is 0.339 e. The third-order valence-electron chi connectivity index (χ3n) is 5.79. The molecule has 2 atom stereocenters. The molecule has 140 valence electrons. The fourth-order valence-corrected chi connectivity index (χ4v) is 5.62. The van der Waals surface area contributed by atoms with E-state index in [1.54, 1.807) is 11.2 Å². The summed E-state index contributed by atoms with van der Waals surface area (Å²) >= 11 is 0. The lowest BCUT2D eigenvalue weighted by atomic mass is 9.61. The molecule has 2 rings (SSSR count). The summed E-state index contributed by atoms with van der Waals surface area (Å²) in [5.41, 5.74) is 0.299. The van der Waals surface area contributed by atoms with Gasteiger partial charge in [0.25, 0.3) is 0 Å². The van der Waals surface area contributed by atoms with E-state index >= 15 is 0 Å². The zero-order valence-corrected chi connectivity index (χ0v) is 16.5. The van der Waals surface area contributed by atoms with Gasteiger partial charge in [0.1, 0.15) is 0 Å². The Morgan fingerprint density at radius 1 is 1.20 bits per heavy atom. The van der Waals surface area contributed by atoms with Gasteiger partial charge in [0, 0.05) is 12.1 Å². The SMILES string of the molecule is C=CCC1(C)CCCCC1(C)N(Cc1ccccc1)S(=O)(=O)OCC. The molecule has 0 amide bonds. The van der Waals surface area contributed by atoms with Crippen LogP contribution in [0.15, 0.2) is 43.0 Å². The lowest BCUT2D eigenvalue weighted by Gasteiger charge is -2.54. The Balaban J connectivity index is 2.50. The van der Waals surface area contributed by atoms with E-state index in [0.717, 1.165) is 37.7 Å². The van der Waals surface area contributed by atoms with Gasteiger partial charge < -0.3 is 0 Å². The van der Waals surface area contributed by atoms with E-state index in [1.807, 2.05) is 36.4 Å². The summed E-state index contributed by atoms with van der Waals surface area (Å²) in [7, 11) is -3.82. The molecule has 4 nitrogen and oxygen atoms in total. The maximum Gasteiger partial charge on any atom is 0.339 e. The highest BCUT2D eigenvalue weighted by molar-refractivity contribution is 7.84. The maximum absolute atomic E-state index is 13.0. The van der Waals surface area contributed by atoms with Crippen molar-refractivity contribution in [2.75, 3.05) is 6.61 Å². The van der Waals surface area contributed by atoms with Crippen LogP contribution >= 0.6 is 0 Å². The van der Waals surface area contributed by atoms with Gasteiger partial charge in [-0.2, -0.15) is 12.7 Å². The molecule has 0 bridgehead atoms. The number of rotatable bonds is 8. The van der Waals surface area contributed by atoms with Crippen LogP contribution in [0.1, 0.15) is 58.4 Å². The molecule has 1 fully saturated rings. The van der Waals surface area contributed by atoms with Crippen LogP contribution in [0.2, 0.25) is 0 Å². The zero-order chi connectivity index (χ0) is 18.6. The Labute approximate surface area is 153 Å². The Kier molecular flexibility index (Phi) is 6.46. The topological polar surface area (TPSA) is 46.6 Å². The first-order valence-electron chi connectivity index (χ1n) is 9.11. The van der Waals surface area contributed by atoms with Gasteiger partial charge in [-0.15, -0.1) is 6.58 Å². The summed E-state index contributed by atoms with van der Waals surface area (Å²) in [5, 5.41) is 0. The lowest BCUT2D eigenvalue weighted by Crippen LogP contribution is -2.60. The van der Waals surface area contributed by atoms with Gasteiger partial charge in [0.15, 0.2) is 0 Å². The fraction of sp³-hybridized carbons (Fsp3) is 0.600. The normalized spacial score (nSPS) is 27.4. The second-order valence-electron chi connectivity index (χ2n) is 7.39. The second-order valence-corrected chi connectivity index (χ2v) is 8.92. The summed E-state index contributed by atoms with van der Waals surface area (Å²) in [6.45, 7) is 10.4. The zero-order valence-electron chi connectivity index (χ0n) is 15.7. The summed E-state index contributed by atoms with van der Waals surface area (Å²) in [5.74, 6) is 0. The highest BCUT2D eigenvalue weighted by atomic mass is 32.2. The molecule has 0 saturated heterocycles. The summed E-state index contributed by atoms with van der Waals surface area (Å²) in [4.78, 5) is 0. The van der Waals surface area contributed by atoms with Crippen molar-refractivity contribution in [3.05, 3.63) is 48.6 Å². The molecule has 0 radical (unpaired) electrons. The van der Waals surface area contributed by atoms with E-state index in [-0.39, 0.29) is 12.0 Å². The van der Waals surface area contributed by atoms with E-state index in [1.165, 1.54) is 0 Å². The quantitative estimate of drug-likeness (QED) is 0.628. The first-order chi connectivity index (χ1) is 11.8. The molecule has 0 aliphatic heterocycles. The van der Waals surface area contributed by atoms with Crippen molar-refractivity contribution in [1.82, 2.24) is 4.31 Å². The molecule has 0 aromatic heterocycles. The van der Waals surface area contributed by atoms with E-state index in [0.29, 0.717) is 6.54 Å². The van der Waals surface area contributed by atoms with Crippen molar-refractivity contribution in [2.45, 2.75) is 65.0 Å². The van der Waals surface area contributed by atoms with Gasteiger partial charge in [-0.1, -0.05) is 56.2 Å². The van der Waals surface area contributed by atoms with Gasteiger partial charge >= 0.3 is 10.3 Å². The maximum atomic E-state index is 13.0. The third-order valence-corrected chi connectivity index (χ3v) is 7.40. The Morgan fingerprint density at radius 3 is 2.44 bits per heavy atom. The van der Waals surface area contributed by atoms with Crippen molar-refractivity contribution in [3.8, 4) is 0 Å². The van der Waals surface area contributed by atoms with Crippen molar-refractivity contribution in [2.24, 2.45) is 5.41 Å². The van der Waals surface area contributed by atoms with Crippen molar-refractivity contribution >= 4 is 10.3 Å². The summed E-state index contributed by atoms with van der Waals surface area (Å²) in [6.07, 6.45) is 6.66. The van der Waals surface area contributed by atoms with Crippen LogP contribution in [0.3, 0.4) is 0 Å². The van der Waals surface area contributed by atoms with E-state index in [2.05, 4.69) is 20.4 Å². The molecular formula is C20H31NO3S. The molecule has 0 spiro atoms. The van der Waals surface area contributed by atoms with Crippen molar-refractivity contribution in [1.29, 1.82) is 0 Å². The predicted octanol–water partition coefficient (Wildman–Crippen LogP) is 4.69. The molecule has 2 unspecified atom stereocenters. The molecule has 25 heavy (non-hydrogen) atoms. The van der Waals surface area contributed by atoms with E-state index in [4.69, 9.17) is 4.18 Å². The summed E-state index contributed by atoms with van der Waals surface area (Å²) in [6, 6.07) is 9.74. The third kappa shape index (κ3) is 4.15. The highest BCUT2D eigenvalue weighted by Gasteiger charge is 2.53. The second kappa shape index (κ2) is 8.02. The Hall–Kier alpha value is -1.17. The summed E-state index contributed by atoms with van der Waals surface area (Å²) < 4.78 is 32.8. The molecule has 1 aliphatic rings. The first kappa shape index (κ1) is 20.1. The number of nitrogens with zero attached hydrogens (tertiary/aromatic N) is 1. The smallest absolute Gasteiger partial charge is 0.258 e. The minimum absolute atomic E-state index is 0.141. The van der Waals surface area contributed by atoms with E-state index < -0.39 is 15.8 Å². The molecule has 0 heterocycles. The molecule has 1 aromatic rings. The lowest BCUT2D eigenvalue weighted by molar-refractivity contribution is -0.00807. The number of allylic oxidation sites excluding steroid dienone is 1. The molecule has 0 N–H and O–H groups in total. The van der Waals surface area contributed by atoms with Crippen LogP contribution in [0.5, 0.6) is 0 Å². The van der Waals surface area contributed by atoms with Crippen LogP contribution in [0, 0.1) is 5.41 Å². The van der Waals surface area contributed by atoms with Crippen LogP contribution in [-0.2, 0) is 21.0 Å². The number of benzene rings is 1. The van der Waals surface area contributed by atoms with Crippen molar-refractivity contribution < 1.29 is 12.6 Å². The minimum Gasteiger partial charge on any atom is -0.258 e. The predicted molar refractivity (Wildman–Crippen MR) is 102 cm³/mol. The molecule has 5 heteroatoms. The van der Waals surface area contributed by atoms with Gasteiger partial charge in [0.2, 0.25) is 0 Å². The highest BCUT2D eigenvalue weighted by Crippen LogP contribution is 2.51. The van der Waals surface area contributed by atoms with Gasteiger partial charge in [-0.25, -0.2) is 0 Å². The molecular weight excluding hydrogens is 334 g/mol. The van der Waals surface area contributed by atoms with Gasteiger partial charge in [-0.05, 0) is 44.1 Å². The Bertz CT molecular complexity index is 673.